The average Bonchev–Trinajstić information content (AvgIpc) is 2.91. The van der Waals surface area contributed by atoms with Gasteiger partial charge < -0.3 is 9.73 Å². The summed E-state index contributed by atoms with van der Waals surface area (Å²) in [6, 6.07) is 4.01. The van der Waals surface area contributed by atoms with Crippen LogP contribution in [0.5, 0.6) is 0 Å². The maximum absolute atomic E-state index is 6.14. The monoisotopic (exact) mass is 295 g/mol. The lowest BCUT2D eigenvalue weighted by atomic mass is 10.2. The van der Waals surface area contributed by atoms with E-state index in [1.807, 2.05) is 30.7 Å². The first-order valence-electron chi connectivity index (χ1n) is 6.95. The van der Waals surface area contributed by atoms with E-state index in [9.17, 15) is 0 Å². The maximum Gasteiger partial charge on any atom is 0.125 e. The van der Waals surface area contributed by atoms with Crippen molar-refractivity contribution in [3.63, 3.8) is 0 Å². The van der Waals surface area contributed by atoms with Crippen molar-refractivity contribution in [3.05, 3.63) is 40.1 Å². The quantitative estimate of drug-likeness (QED) is 0.886. The van der Waals surface area contributed by atoms with Crippen LogP contribution < -0.4 is 5.32 Å². The maximum atomic E-state index is 6.14. The van der Waals surface area contributed by atoms with E-state index in [0.29, 0.717) is 12.5 Å². The SMILES string of the molecule is Cc1nn(Cc2ccc(CNCC(C)C)o2)c(C)c1Cl. The zero-order chi connectivity index (χ0) is 14.7. The molecule has 0 bridgehead atoms. The van der Waals surface area contributed by atoms with Crippen LogP contribution in [-0.4, -0.2) is 16.3 Å². The average molecular weight is 296 g/mol. The first-order chi connectivity index (χ1) is 9.47. The highest BCUT2D eigenvalue weighted by atomic mass is 35.5. The summed E-state index contributed by atoms with van der Waals surface area (Å²) < 4.78 is 7.68. The van der Waals surface area contributed by atoms with Crippen molar-refractivity contribution in [2.24, 2.45) is 5.92 Å². The third-order valence-corrected chi connectivity index (χ3v) is 3.71. The van der Waals surface area contributed by atoms with Gasteiger partial charge in [-0.25, -0.2) is 0 Å². The molecule has 2 heterocycles. The predicted molar refractivity (Wildman–Crippen MR) is 81.1 cm³/mol. The molecule has 0 aliphatic carbocycles. The van der Waals surface area contributed by atoms with E-state index in [4.69, 9.17) is 16.0 Å². The number of halogens is 1. The molecule has 0 aromatic carbocycles. The van der Waals surface area contributed by atoms with Crippen LogP contribution in [0.4, 0.5) is 0 Å². The van der Waals surface area contributed by atoms with Gasteiger partial charge in [-0.05, 0) is 38.4 Å². The highest BCUT2D eigenvalue weighted by Gasteiger charge is 2.11. The molecular weight excluding hydrogens is 274 g/mol. The van der Waals surface area contributed by atoms with E-state index in [1.165, 1.54) is 0 Å². The lowest BCUT2D eigenvalue weighted by Crippen LogP contribution is -2.18. The lowest BCUT2D eigenvalue weighted by Gasteiger charge is -2.05. The second kappa shape index (κ2) is 6.46. The van der Waals surface area contributed by atoms with E-state index in [2.05, 4.69) is 24.3 Å². The molecule has 0 aliphatic heterocycles. The third kappa shape index (κ3) is 3.64. The van der Waals surface area contributed by atoms with Crippen LogP contribution in [0.25, 0.3) is 0 Å². The van der Waals surface area contributed by atoms with E-state index < -0.39 is 0 Å². The number of aryl methyl sites for hydroxylation is 1. The molecule has 0 atom stereocenters. The summed E-state index contributed by atoms with van der Waals surface area (Å²) in [5, 5.41) is 8.51. The van der Waals surface area contributed by atoms with Crippen LogP contribution in [-0.2, 0) is 13.1 Å². The third-order valence-electron chi connectivity index (χ3n) is 3.17. The smallest absolute Gasteiger partial charge is 0.125 e. The van der Waals surface area contributed by atoms with E-state index in [-0.39, 0.29) is 0 Å². The molecule has 0 saturated carbocycles. The number of hydrogen-bond donors (Lipinski definition) is 1. The van der Waals surface area contributed by atoms with E-state index in [0.717, 1.165) is 41.0 Å². The van der Waals surface area contributed by atoms with Gasteiger partial charge in [-0.15, -0.1) is 0 Å². The van der Waals surface area contributed by atoms with Gasteiger partial charge in [0.2, 0.25) is 0 Å². The topological polar surface area (TPSA) is 43.0 Å². The van der Waals surface area contributed by atoms with Crippen LogP contribution in [0.2, 0.25) is 5.02 Å². The summed E-state index contributed by atoms with van der Waals surface area (Å²) in [7, 11) is 0. The molecule has 0 spiro atoms. The first kappa shape index (κ1) is 15.1. The van der Waals surface area contributed by atoms with Crippen LogP contribution in [0.15, 0.2) is 16.5 Å². The standard InChI is InChI=1S/C15H22ClN3O/c1-10(2)7-17-8-13-5-6-14(20-13)9-19-12(4)15(16)11(3)18-19/h5-6,10,17H,7-9H2,1-4H3. The molecule has 0 aliphatic rings. The summed E-state index contributed by atoms with van der Waals surface area (Å²) in [6.45, 7) is 10.6. The van der Waals surface area contributed by atoms with Crippen LogP contribution in [0, 0.1) is 19.8 Å². The molecule has 2 rings (SSSR count). The van der Waals surface area contributed by atoms with Gasteiger partial charge in [-0.2, -0.15) is 5.10 Å². The van der Waals surface area contributed by atoms with Gasteiger partial charge in [0.1, 0.15) is 11.5 Å². The number of nitrogens with zero attached hydrogens (tertiary/aromatic N) is 2. The number of nitrogens with one attached hydrogen (secondary N) is 1. The van der Waals surface area contributed by atoms with Crippen LogP contribution in [0.3, 0.4) is 0 Å². The molecule has 0 amide bonds. The Hall–Kier alpha value is -1.26. The Morgan fingerprint density at radius 1 is 1.30 bits per heavy atom. The minimum atomic E-state index is 0.615. The Balaban J connectivity index is 1.97. The molecule has 1 N–H and O–H groups in total. The number of furan rings is 1. The first-order valence-corrected chi connectivity index (χ1v) is 7.33. The van der Waals surface area contributed by atoms with E-state index >= 15 is 0 Å². The van der Waals surface area contributed by atoms with Crippen molar-refractivity contribution in [1.82, 2.24) is 15.1 Å². The molecule has 2 aromatic heterocycles. The van der Waals surface area contributed by atoms with Crippen LogP contribution in [0.1, 0.15) is 36.8 Å². The fourth-order valence-electron chi connectivity index (χ4n) is 2.06. The van der Waals surface area contributed by atoms with Gasteiger partial charge in [0, 0.05) is 0 Å². The Labute approximate surface area is 125 Å². The molecule has 0 unspecified atom stereocenters. The number of rotatable bonds is 6. The van der Waals surface area contributed by atoms with Gasteiger partial charge in [0.15, 0.2) is 0 Å². The van der Waals surface area contributed by atoms with E-state index in [1.54, 1.807) is 0 Å². The van der Waals surface area contributed by atoms with Crippen molar-refractivity contribution in [2.75, 3.05) is 6.54 Å². The molecule has 2 aromatic rings. The highest BCUT2D eigenvalue weighted by Crippen LogP contribution is 2.20. The second-order valence-electron chi connectivity index (χ2n) is 5.54. The van der Waals surface area contributed by atoms with Gasteiger partial charge >= 0.3 is 0 Å². The minimum Gasteiger partial charge on any atom is -0.463 e. The molecule has 20 heavy (non-hydrogen) atoms. The zero-order valence-electron chi connectivity index (χ0n) is 12.5. The van der Waals surface area contributed by atoms with Crippen molar-refractivity contribution < 1.29 is 4.42 Å². The summed E-state index contributed by atoms with van der Waals surface area (Å²) in [4.78, 5) is 0. The Morgan fingerprint density at radius 3 is 2.60 bits per heavy atom. The summed E-state index contributed by atoms with van der Waals surface area (Å²) in [5.74, 6) is 2.49. The lowest BCUT2D eigenvalue weighted by molar-refractivity contribution is 0.421. The molecular formula is C15H22ClN3O. The van der Waals surface area contributed by atoms with Gasteiger partial charge in [0.25, 0.3) is 0 Å². The molecule has 0 radical (unpaired) electrons. The van der Waals surface area contributed by atoms with Gasteiger partial charge in [0.05, 0.1) is 29.5 Å². The molecule has 0 saturated heterocycles. The normalized spacial score (nSPS) is 11.5. The largest absolute Gasteiger partial charge is 0.463 e. The summed E-state index contributed by atoms with van der Waals surface area (Å²) >= 11 is 6.14. The predicted octanol–water partition coefficient (Wildman–Crippen LogP) is 3.54. The van der Waals surface area contributed by atoms with Crippen molar-refractivity contribution >= 4 is 11.6 Å². The van der Waals surface area contributed by atoms with Crippen molar-refractivity contribution in [3.8, 4) is 0 Å². The van der Waals surface area contributed by atoms with Crippen molar-refractivity contribution in [2.45, 2.75) is 40.8 Å². The van der Waals surface area contributed by atoms with Crippen LogP contribution >= 0.6 is 11.6 Å². The molecule has 4 nitrogen and oxygen atoms in total. The van der Waals surface area contributed by atoms with Gasteiger partial charge in [-0.1, -0.05) is 25.4 Å². The minimum absolute atomic E-state index is 0.615. The number of aromatic nitrogens is 2. The summed E-state index contributed by atoms with van der Waals surface area (Å²) in [5.41, 5.74) is 1.83. The Kier molecular flexibility index (Phi) is 4.89. The molecule has 110 valence electrons. The highest BCUT2D eigenvalue weighted by molar-refractivity contribution is 6.31. The second-order valence-corrected chi connectivity index (χ2v) is 5.91. The molecule has 5 heteroatoms. The number of hydrogen-bond acceptors (Lipinski definition) is 3. The fraction of sp³-hybridized carbons (Fsp3) is 0.533. The Morgan fingerprint density at radius 2 is 2.00 bits per heavy atom. The summed E-state index contributed by atoms with van der Waals surface area (Å²) in [6.07, 6.45) is 0. The Bertz CT molecular complexity index is 572. The zero-order valence-corrected chi connectivity index (χ0v) is 13.3. The van der Waals surface area contributed by atoms with Gasteiger partial charge in [-0.3, -0.25) is 4.68 Å². The van der Waals surface area contributed by atoms with Crippen molar-refractivity contribution in [1.29, 1.82) is 0 Å². The fourth-order valence-corrected chi connectivity index (χ4v) is 2.20. The molecule has 0 fully saturated rings.